The standard InChI is InChI=1S/C15H25N3OS/c1-5-12(10-20-4)18(3)14-8-7-11(9-13(14)16)15(19)17-6-2/h7-9,12H,5-6,10,16H2,1-4H3,(H,17,19). The Morgan fingerprint density at radius 2 is 2.15 bits per heavy atom. The Morgan fingerprint density at radius 1 is 1.45 bits per heavy atom. The Balaban J connectivity index is 2.94. The van der Waals surface area contributed by atoms with Crippen LogP contribution in [0.3, 0.4) is 0 Å². The molecule has 1 atom stereocenters. The lowest BCUT2D eigenvalue weighted by atomic mass is 10.1. The molecule has 0 bridgehead atoms. The van der Waals surface area contributed by atoms with Crippen LogP contribution in [0.1, 0.15) is 30.6 Å². The van der Waals surface area contributed by atoms with Crippen molar-refractivity contribution in [2.24, 2.45) is 0 Å². The molecule has 0 aliphatic carbocycles. The van der Waals surface area contributed by atoms with Crippen LogP contribution in [-0.4, -0.2) is 37.6 Å². The first-order valence-electron chi connectivity index (χ1n) is 6.94. The predicted molar refractivity (Wildman–Crippen MR) is 89.7 cm³/mol. The SMILES string of the molecule is CCNC(=O)c1ccc(N(C)C(CC)CSC)c(N)c1. The molecule has 1 rings (SSSR count). The zero-order valence-corrected chi connectivity index (χ0v) is 13.6. The summed E-state index contributed by atoms with van der Waals surface area (Å²) in [5.74, 6) is 0.981. The van der Waals surface area contributed by atoms with Crippen LogP contribution in [-0.2, 0) is 0 Å². The monoisotopic (exact) mass is 295 g/mol. The van der Waals surface area contributed by atoms with Crippen molar-refractivity contribution in [3.05, 3.63) is 23.8 Å². The van der Waals surface area contributed by atoms with Crippen molar-refractivity contribution in [1.29, 1.82) is 0 Å². The normalized spacial score (nSPS) is 12.0. The molecule has 3 N–H and O–H groups in total. The molecule has 0 radical (unpaired) electrons. The minimum Gasteiger partial charge on any atom is -0.397 e. The maximum absolute atomic E-state index is 11.8. The quantitative estimate of drug-likeness (QED) is 0.759. The van der Waals surface area contributed by atoms with Crippen LogP contribution >= 0.6 is 11.8 Å². The third-order valence-electron chi connectivity index (χ3n) is 3.39. The lowest BCUT2D eigenvalue weighted by molar-refractivity contribution is 0.0956. The highest BCUT2D eigenvalue weighted by Gasteiger charge is 2.16. The summed E-state index contributed by atoms with van der Waals surface area (Å²) in [6, 6.07) is 5.97. The molecule has 0 aliphatic rings. The third-order valence-corrected chi connectivity index (χ3v) is 4.10. The molecule has 1 unspecified atom stereocenters. The van der Waals surface area contributed by atoms with Crippen molar-refractivity contribution in [3.8, 4) is 0 Å². The van der Waals surface area contributed by atoms with E-state index in [2.05, 4.69) is 30.4 Å². The van der Waals surface area contributed by atoms with E-state index in [0.29, 0.717) is 23.8 Å². The van der Waals surface area contributed by atoms with E-state index in [1.165, 1.54) is 0 Å². The van der Waals surface area contributed by atoms with Crippen molar-refractivity contribution < 1.29 is 4.79 Å². The van der Waals surface area contributed by atoms with Crippen LogP contribution in [0.4, 0.5) is 11.4 Å². The number of benzene rings is 1. The summed E-state index contributed by atoms with van der Waals surface area (Å²) in [5, 5.41) is 2.78. The molecule has 112 valence electrons. The van der Waals surface area contributed by atoms with E-state index in [1.807, 2.05) is 30.8 Å². The highest BCUT2D eigenvalue weighted by atomic mass is 32.2. The second-order valence-electron chi connectivity index (χ2n) is 4.76. The average molecular weight is 295 g/mol. The Kier molecular flexibility index (Phi) is 6.71. The van der Waals surface area contributed by atoms with Crippen molar-refractivity contribution in [1.82, 2.24) is 5.32 Å². The number of hydrogen-bond donors (Lipinski definition) is 2. The zero-order chi connectivity index (χ0) is 15.1. The molecule has 0 spiro atoms. The largest absolute Gasteiger partial charge is 0.397 e. The van der Waals surface area contributed by atoms with Crippen LogP contribution in [0.25, 0.3) is 0 Å². The van der Waals surface area contributed by atoms with E-state index in [1.54, 1.807) is 6.07 Å². The number of nitrogens with two attached hydrogens (primary N) is 1. The van der Waals surface area contributed by atoms with Gasteiger partial charge in [0, 0.05) is 31.0 Å². The molecule has 0 fully saturated rings. The van der Waals surface area contributed by atoms with Crippen LogP contribution in [0.2, 0.25) is 0 Å². The van der Waals surface area contributed by atoms with E-state index < -0.39 is 0 Å². The van der Waals surface area contributed by atoms with Gasteiger partial charge in [-0.1, -0.05) is 6.92 Å². The number of nitrogen functional groups attached to an aromatic ring is 1. The Labute approximate surface area is 126 Å². The van der Waals surface area contributed by atoms with Crippen molar-refractivity contribution >= 4 is 29.0 Å². The maximum Gasteiger partial charge on any atom is 0.251 e. The molecule has 4 nitrogen and oxygen atoms in total. The average Bonchev–Trinajstić information content (AvgIpc) is 2.44. The lowest BCUT2D eigenvalue weighted by Gasteiger charge is -2.30. The second kappa shape index (κ2) is 8.04. The third kappa shape index (κ3) is 4.07. The summed E-state index contributed by atoms with van der Waals surface area (Å²) in [6.07, 6.45) is 3.17. The van der Waals surface area contributed by atoms with Gasteiger partial charge in [-0.3, -0.25) is 4.79 Å². The fourth-order valence-electron chi connectivity index (χ4n) is 2.17. The first-order chi connectivity index (χ1) is 9.54. The number of hydrogen-bond acceptors (Lipinski definition) is 4. The van der Waals surface area contributed by atoms with Gasteiger partial charge in [0.15, 0.2) is 0 Å². The fourth-order valence-corrected chi connectivity index (χ4v) is 3.02. The second-order valence-corrected chi connectivity index (χ2v) is 5.67. The summed E-state index contributed by atoms with van der Waals surface area (Å²) in [4.78, 5) is 14.0. The zero-order valence-electron chi connectivity index (χ0n) is 12.8. The van der Waals surface area contributed by atoms with Gasteiger partial charge >= 0.3 is 0 Å². The van der Waals surface area contributed by atoms with Crippen molar-refractivity contribution in [3.63, 3.8) is 0 Å². The molecule has 20 heavy (non-hydrogen) atoms. The van der Waals surface area contributed by atoms with Gasteiger partial charge in [0.1, 0.15) is 0 Å². The van der Waals surface area contributed by atoms with Gasteiger partial charge in [0.25, 0.3) is 5.91 Å². The molecule has 0 saturated heterocycles. The summed E-state index contributed by atoms with van der Waals surface area (Å²) in [5.41, 5.74) is 8.36. The maximum atomic E-state index is 11.8. The number of nitrogens with one attached hydrogen (secondary N) is 1. The van der Waals surface area contributed by atoms with E-state index in [4.69, 9.17) is 5.73 Å². The summed E-state index contributed by atoms with van der Waals surface area (Å²) < 4.78 is 0. The molecular weight excluding hydrogens is 270 g/mol. The Morgan fingerprint density at radius 3 is 2.65 bits per heavy atom. The van der Waals surface area contributed by atoms with Gasteiger partial charge in [-0.2, -0.15) is 11.8 Å². The molecule has 0 aromatic heterocycles. The number of rotatable bonds is 7. The Bertz CT molecular complexity index is 451. The number of amides is 1. The molecule has 1 aromatic carbocycles. The van der Waals surface area contributed by atoms with E-state index in [9.17, 15) is 4.79 Å². The first kappa shape index (κ1) is 16.7. The van der Waals surface area contributed by atoms with Gasteiger partial charge in [-0.15, -0.1) is 0 Å². The molecule has 0 saturated carbocycles. The van der Waals surface area contributed by atoms with Gasteiger partial charge in [-0.25, -0.2) is 0 Å². The first-order valence-corrected chi connectivity index (χ1v) is 8.33. The highest BCUT2D eigenvalue weighted by molar-refractivity contribution is 7.98. The van der Waals surface area contributed by atoms with E-state index in [0.717, 1.165) is 17.9 Å². The number of nitrogens with zero attached hydrogens (tertiary/aromatic N) is 1. The minimum atomic E-state index is -0.0791. The van der Waals surface area contributed by atoms with Gasteiger partial charge in [-0.05, 0) is 37.8 Å². The van der Waals surface area contributed by atoms with Gasteiger partial charge in [0.05, 0.1) is 11.4 Å². The van der Waals surface area contributed by atoms with Crippen molar-refractivity contribution in [2.45, 2.75) is 26.3 Å². The highest BCUT2D eigenvalue weighted by Crippen LogP contribution is 2.26. The number of carbonyl (C=O) groups excluding carboxylic acids is 1. The smallest absolute Gasteiger partial charge is 0.251 e. The number of thioether (sulfide) groups is 1. The predicted octanol–water partition coefficient (Wildman–Crippen LogP) is 2.60. The molecule has 0 heterocycles. The molecule has 1 amide bonds. The lowest BCUT2D eigenvalue weighted by Crippen LogP contribution is -2.33. The van der Waals surface area contributed by atoms with Crippen LogP contribution < -0.4 is 16.0 Å². The molecule has 5 heteroatoms. The van der Waals surface area contributed by atoms with E-state index >= 15 is 0 Å². The van der Waals surface area contributed by atoms with Crippen LogP contribution in [0.5, 0.6) is 0 Å². The minimum absolute atomic E-state index is 0.0791. The fraction of sp³-hybridized carbons (Fsp3) is 0.533. The number of carbonyl (C=O) groups is 1. The van der Waals surface area contributed by atoms with E-state index in [-0.39, 0.29) is 5.91 Å². The van der Waals surface area contributed by atoms with Crippen LogP contribution in [0, 0.1) is 0 Å². The van der Waals surface area contributed by atoms with Gasteiger partial charge < -0.3 is 16.0 Å². The summed E-state index contributed by atoms with van der Waals surface area (Å²) in [7, 11) is 2.06. The van der Waals surface area contributed by atoms with Crippen molar-refractivity contribution in [2.75, 3.05) is 36.2 Å². The van der Waals surface area contributed by atoms with Crippen LogP contribution in [0.15, 0.2) is 18.2 Å². The summed E-state index contributed by atoms with van der Waals surface area (Å²) in [6.45, 7) is 4.69. The molecule has 1 aromatic rings. The van der Waals surface area contributed by atoms with Gasteiger partial charge in [0.2, 0.25) is 0 Å². The Hall–Kier alpha value is -1.36. The molecule has 0 aliphatic heterocycles. The molecular formula is C15H25N3OS. The number of anilines is 2. The summed E-state index contributed by atoms with van der Waals surface area (Å²) >= 11 is 1.83. The topological polar surface area (TPSA) is 58.4 Å².